The molecule has 2 N–H and O–H groups in total. The Balaban J connectivity index is 1.71. The van der Waals surface area contributed by atoms with Gasteiger partial charge in [0.25, 0.3) is 5.91 Å². The highest BCUT2D eigenvalue weighted by Gasteiger charge is 2.26. The molecule has 1 heterocycles. The smallest absolute Gasteiger partial charge is 0.253 e. The van der Waals surface area contributed by atoms with Crippen LogP contribution in [-0.2, 0) is 0 Å². The summed E-state index contributed by atoms with van der Waals surface area (Å²) in [6.45, 7) is 0.254. The van der Waals surface area contributed by atoms with Crippen LogP contribution in [0.1, 0.15) is 36.0 Å². The molecule has 1 aliphatic rings. The number of aromatic amines is 1. The van der Waals surface area contributed by atoms with Crippen molar-refractivity contribution in [3.63, 3.8) is 0 Å². The molecule has 0 saturated heterocycles. The Hall–Kier alpha value is -2.21. The summed E-state index contributed by atoms with van der Waals surface area (Å²) < 4.78 is 0. The standard InChI is InChI=1S/C17H22N4O2/c1-21(15-7-5-12(10-22)6-8-15)17(23)14-4-2-3-13(9-14)16-18-11-19-20-16/h2-4,9,11-12,15,22H,5-8,10H2,1H3,(H,18,19,20). The van der Waals surface area contributed by atoms with Crippen molar-refractivity contribution in [1.29, 1.82) is 0 Å². The molecule has 0 unspecified atom stereocenters. The van der Waals surface area contributed by atoms with Crippen LogP contribution in [0.5, 0.6) is 0 Å². The monoisotopic (exact) mass is 314 g/mol. The molecule has 1 aromatic carbocycles. The Morgan fingerprint density at radius 2 is 2.13 bits per heavy atom. The van der Waals surface area contributed by atoms with Gasteiger partial charge in [-0.25, -0.2) is 4.98 Å². The van der Waals surface area contributed by atoms with Crippen molar-refractivity contribution in [3.8, 4) is 11.4 Å². The maximum absolute atomic E-state index is 12.7. The highest BCUT2D eigenvalue weighted by molar-refractivity contribution is 5.95. The SMILES string of the molecule is CN(C(=O)c1cccc(-c2ncn[nH]2)c1)C1CCC(CO)CC1. The highest BCUT2D eigenvalue weighted by atomic mass is 16.3. The Morgan fingerprint density at radius 1 is 1.35 bits per heavy atom. The number of aliphatic hydroxyl groups is 1. The van der Waals surface area contributed by atoms with Crippen molar-refractivity contribution in [2.24, 2.45) is 5.92 Å². The average Bonchev–Trinajstić information content (AvgIpc) is 3.15. The van der Waals surface area contributed by atoms with Crippen LogP contribution in [0.4, 0.5) is 0 Å². The number of benzene rings is 1. The first-order valence-electron chi connectivity index (χ1n) is 8.03. The number of carbonyl (C=O) groups is 1. The fraction of sp³-hybridized carbons (Fsp3) is 0.471. The predicted octanol–water partition coefficient (Wildman–Crippen LogP) is 2.09. The van der Waals surface area contributed by atoms with Gasteiger partial charge in [0, 0.05) is 30.8 Å². The maximum atomic E-state index is 12.7. The lowest BCUT2D eigenvalue weighted by Gasteiger charge is -2.34. The van der Waals surface area contributed by atoms with Crippen molar-refractivity contribution in [2.75, 3.05) is 13.7 Å². The maximum Gasteiger partial charge on any atom is 0.253 e. The average molecular weight is 314 g/mol. The zero-order valence-electron chi connectivity index (χ0n) is 13.3. The van der Waals surface area contributed by atoms with Crippen LogP contribution in [0.3, 0.4) is 0 Å². The van der Waals surface area contributed by atoms with Crippen LogP contribution < -0.4 is 0 Å². The van der Waals surface area contributed by atoms with Gasteiger partial charge in [-0.3, -0.25) is 9.89 Å². The quantitative estimate of drug-likeness (QED) is 0.905. The molecule has 3 rings (SSSR count). The van der Waals surface area contributed by atoms with Gasteiger partial charge >= 0.3 is 0 Å². The Morgan fingerprint density at radius 3 is 2.78 bits per heavy atom. The van der Waals surface area contributed by atoms with Crippen LogP contribution in [0.25, 0.3) is 11.4 Å². The first-order chi connectivity index (χ1) is 11.2. The summed E-state index contributed by atoms with van der Waals surface area (Å²) in [5.74, 6) is 1.08. The Bertz CT molecular complexity index is 648. The summed E-state index contributed by atoms with van der Waals surface area (Å²) in [5.41, 5.74) is 1.51. The fourth-order valence-corrected chi connectivity index (χ4v) is 3.23. The summed E-state index contributed by atoms with van der Waals surface area (Å²) in [6, 6.07) is 7.70. The van der Waals surface area contributed by atoms with E-state index in [1.807, 2.05) is 36.2 Å². The molecular weight excluding hydrogens is 292 g/mol. The highest BCUT2D eigenvalue weighted by Crippen LogP contribution is 2.27. The van der Waals surface area contributed by atoms with Crippen LogP contribution in [0.2, 0.25) is 0 Å². The van der Waals surface area contributed by atoms with E-state index in [0.29, 0.717) is 17.3 Å². The summed E-state index contributed by atoms with van der Waals surface area (Å²) in [6.07, 6.45) is 5.33. The minimum Gasteiger partial charge on any atom is -0.396 e. The van der Waals surface area contributed by atoms with Crippen molar-refractivity contribution in [2.45, 2.75) is 31.7 Å². The van der Waals surface area contributed by atoms with E-state index >= 15 is 0 Å². The van der Waals surface area contributed by atoms with Crippen molar-refractivity contribution >= 4 is 5.91 Å². The summed E-state index contributed by atoms with van der Waals surface area (Å²) >= 11 is 0. The first-order valence-corrected chi connectivity index (χ1v) is 8.03. The summed E-state index contributed by atoms with van der Waals surface area (Å²) in [7, 11) is 1.87. The summed E-state index contributed by atoms with van der Waals surface area (Å²) in [4.78, 5) is 18.7. The van der Waals surface area contributed by atoms with Crippen LogP contribution in [0.15, 0.2) is 30.6 Å². The van der Waals surface area contributed by atoms with Gasteiger partial charge in [0.05, 0.1) is 0 Å². The van der Waals surface area contributed by atoms with Gasteiger partial charge in [-0.05, 0) is 43.7 Å². The molecule has 0 radical (unpaired) electrons. The third-order valence-electron chi connectivity index (χ3n) is 4.74. The number of nitrogens with one attached hydrogen (secondary N) is 1. The second-order valence-electron chi connectivity index (χ2n) is 6.19. The van der Waals surface area contributed by atoms with Crippen LogP contribution >= 0.6 is 0 Å². The van der Waals surface area contributed by atoms with Crippen LogP contribution in [0, 0.1) is 5.92 Å². The molecule has 2 aromatic rings. The lowest BCUT2D eigenvalue weighted by Crippen LogP contribution is -2.39. The number of H-pyrrole nitrogens is 1. The number of carbonyl (C=O) groups excluding carboxylic acids is 1. The molecule has 1 aromatic heterocycles. The molecule has 0 aliphatic heterocycles. The van der Waals surface area contributed by atoms with Crippen molar-refractivity contribution in [1.82, 2.24) is 20.1 Å². The van der Waals surface area contributed by atoms with Gasteiger partial charge in [-0.2, -0.15) is 5.10 Å². The minimum atomic E-state index is 0.0267. The molecule has 6 nitrogen and oxygen atoms in total. The molecule has 1 aliphatic carbocycles. The van der Waals surface area contributed by atoms with E-state index in [-0.39, 0.29) is 18.6 Å². The second kappa shape index (κ2) is 6.91. The van der Waals surface area contributed by atoms with E-state index in [0.717, 1.165) is 31.2 Å². The zero-order chi connectivity index (χ0) is 16.2. The Labute approximate surface area is 135 Å². The third kappa shape index (κ3) is 3.42. The van der Waals surface area contributed by atoms with Gasteiger partial charge in [-0.15, -0.1) is 0 Å². The molecule has 0 atom stereocenters. The zero-order valence-corrected chi connectivity index (χ0v) is 13.3. The molecule has 23 heavy (non-hydrogen) atoms. The van der Waals surface area contributed by atoms with Crippen molar-refractivity contribution < 1.29 is 9.90 Å². The molecule has 0 bridgehead atoms. The largest absolute Gasteiger partial charge is 0.396 e. The van der Waals surface area contributed by atoms with Crippen molar-refractivity contribution in [3.05, 3.63) is 36.2 Å². The third-order valence-corrected chi connectivity index (χ3v) is 4.74. The Kier molecular flexibility index (Phi) is 4.71. The van der Waals surface area contributed by atoms with Crippen LogP contribution in [-0.4, -0.2) is 50.8 Å². The molecule has 1 fully saturated rings. The normalized spacial score (nSPS) is 21.1. The van der Waals surface area contributed by atoms with E-state index in [9.17, 15) is 9.90 Å². The van der Waals surface area contributed by atoms with E-state index < -0.39 is 0 Å². The molecule has 1 amide bonds. The van der Waals surface area contributed by atoms with E-state index in [1.54, 1.807) is 0 Å². The molecule has 1 saturated carbocycles. The van der Waals surface area contributed by atoms with Gasteiger partial charge in [0.2, 0.25) is 0 Å². The number of rotatable bonds is 4. The number of hydrogen-bond acceptors (Lipinski definition) is 4. The predicted molar refractivity (Wildman–Crippen MR) is 86.7 cm³/mol. The number of aromatic nitrogens is 3. The topological polar surface area (TPSA) is 82.1 Å². The van der Waals surface area contributed by atoms with E-state index in [4.69, 9.17) is 0 Å². The van der Waals surface area contributed by atoms with Gasteiger partial charge in [0.15, 0.2) is 5.82 Å². The minimum absolute atomic E-state index is 0.0267. The molecular formula is C17H22N4O2. The number of aliphatic hydroxyl groups excluding tert-OH is 1. The van der Waals surface area contributed by atoms with Gasteiger partial charge < -0.3 is 10.0 Å². The van der Waals surface area contributed by atoms with E-state index in [2.05, 4.69) is 15.2 Å². The lowest BCUT2D eigenvalue weighted by molar-refractivity contribution is 0.0653. The molecule has 6 heteroatoms. The fourth-order valence-electron chi connectivity index (χ4n) is 3.23. The number of hydrogen-bond donors (Lipinski definition) is 2. The number of nitrogens with zero attached hydrogens (tertiary/aromatic N) is 3. The second-order valence-corrected chi connectivity index (χ2v) is 6.19. The van der Waals surface area contributed by atoms with Gasteiger partial charge in [0.1, 0.15) is 6.33 Å². The molecule has 122 valence electrons. The lowest BCUT2D eigenvalue weighted by atomic mass is 9.86. The molecule has 0 spiro atoms. The summed E-state index contributed by atoms with van der Waals surface area (Å²) in [5, 5.41) is 15.9. The number of amides is 1. The first kappa shape index (κ1) is 15.7. The van der Waals surface area contributed by atoms with Gasteiger partial charge in [-0.1, -0.05) is 12.1 Å². The van der Waals surface area contributed by atoms with E-state index in [1.165, 1.54) is 6.33 Å².